The minimum Gasteiger partial charge on any atom is -0.282 e. The summed E-state index contributed by atoms with van der Waals surface area (Å²) in [6, 6.07) is 16.6. The second-order valence-corrected chi connectivity index (χ2v) is 8.37. The average molecular weight is 400 g/mol. The molecule has 3 rings (SSSR count). The van der Waals surface area contributed by atoms with Crippen LogP contribution in [0, 0.1) is 10.1 Å². The number of sulfonamides is 1. The molecule has 2 aromatic carbocycles. The summed E-state index contributed by atoms with van der Waals surface area (Å²) < 4.78 is 26.4. The predicted octanol–water partition coefficient (Wildman–Crippen LogP) is 3.24. The summed E-state index contributed by atoms with van der Waals surface area (Å²) in [4.78, 5) is 10.2. The molecule has 0 saturated carbocycles. The van der Waals surface area contributed by atoms with Gasteiger partial charge in [-0.2, -0.15) is 5.10 Å². The van der Waals surface area contributed by atoms with Crippen LogP contribution in [-0.2, 0) is 16.4 Å². The van der Waals surface area contributed by atoms with Crippen molar-refractivity contribution in [2.45, 2.75) is 17.7 Å². The predicted molar refractivity (Wildman–Crippen MR) is 105 cm³/mol. The lowest BCUT2D eigenvalue weighted by atomic mass is 10.1. The van der Waals surface area contributed by atoms with Gasteiger partial charge in [0.05, 0.1) is 15.5 Å². The van der Waals surface area contributed by atoms with Crippen LogP contribution in [0.1, 0.15) is 12.1 Å². The fourth-order valence-corrected chi connectivity index (χ4v) is 3.99. The van der Waals surface area contributed by atoms with Crippen LogP contribution in [-0.4, -0.2) is 41.4 Å². The summed E-state index contributed by atoms with van der Waals surface area (Å²) in [6.07, 6.45) is 1.26. The minimum atomic E-state index is -3.69. The van der Waals surface area contributed by atoms with E-state index in [1.807, 2.05) is 36.4 Å². The highest BCUT2D eigenvalue weighted by Gasteiger charge is 2.21. The Morgan fingerprint density at radius 2 is 1.79 bits per heavy atom. The van der Waals surface area contributed by atoms with Gasteiger partial charge in [0.2, 0.25) is 10.0 Å². The molecular weight excluding hydrogens is 380 g/mol. The number of nitro groups is 1. The van der Waals surface area contributed by atoms with E-state index in [0.29, 0.717) is 19.4 Å². The van der Waals surface area contributed by atoms with Gasteiger partial charge in [0.25, 0.3) is 5.69 Å². The van der Waals surface area contributed by atoms with Crippen molar-refractivity contribution < 1.29 is 13.3 Å². The van der Waals surface area contributed by atoms with Gasteiger partial charge in [-0.15, -0.1) is 0 Å². The zero-order chi connectivity index (χ0) is 20.1. The van der Waals surface area contributed by atoms with Crippen molar-refractivity contribution in [3.63, 3.8) is 0 Å². The maximum Gasteiger partial charge on any atom is 0.269 e. The van der Waals surface area contributed by atoms with E-state index in [1.165, 1.54) is 35.6 Å². The fraction of sp³-hybridized carbons (Fsp3) is 0.211. The number of nitro benzene ring substituents is 1. The van der Waals surface area contributed by atoms with Crippen molar-refractivity contribution in [1.82, 2.24) is 14.5 Å². The lowest BCUT2D eigenvalue weighted by Crippen LogP contribution is -2.28. The van der Waals surface area contributed by atoms with Crippen LogP contribution >= 0.6 is 0 Å². The number of nitrogens with one attached hydrogen (secondary N) is 1. The van der Waals surface area contributed by atoms with E-state index in [1.54, 1.807) is 0 Å². The molecule has 146 valence electrons. The highest BCUT2D eigenvalue weighted by molar-refractivity contribution is 7.89. The summed E-state index contributed by atoms with van der Waals surface area (Å²) in [5.41, 5.74) is 2.65. The van der Waals surface area contributed by atoms with Crippen molar-refractivity contribution in [1.29, 1.82) is 0 Å². The number of benzene rings is 2. The van der Waals surface area contributed by atoms with E-state index in [2.05, 4.69) is 10.2 Å². The van der Waals surface area contributed by atoms with Crippen molar-refractivity contribution in [3.05, 3.63) is 76.5 Å². The van der Waals surface area contributed by atoms with Crippen molar-refractivity contribution in [2.75, 3.05) is 13.6 Å². The Labute approximate surface area is 163 Å². The molecule has 0 bridgehead atoms. The molecule has 0 fully saturated rings. The molecule has 1 N–H and O–H groups in total. The Morgan fingerprint density at radius 1 is 1.11 bits per heavy atom. The second-order valence-electron chi connectivity index (χ2n) is 6.33. The van der Waals surface area contributed by atoms with Gasteiger partial charge in [-0.05, 0) is 31.0 Å². The van der Waals surface area contributed by atoms with Gasteiger partial charge in [0.15, 0.2) is 0 Å². The Morgan fingerprint density at radius 3 is 2.43 bits per heavy atom. The zero-order valence-corrected chi connectivity index (χ0v) is 16.1. The quantitative estimate of drug-likeness (QED) is 0.461. The molecule has 0 aliphatic rings. The smallest absolute Gasteiger partial charge is 0.269 e. The minimum absolute atomic E-state index is 0.0357. The van der Waals surface area contributed by atoms with Crippen LogP contribution < -0.4 is 0 Å². The maximum atomic E-state index is 12.6. The Balaban J connectivity index is 1.58. The molecule has 0 atom stereocenters. The van der Waals surface area contributed by atoms with E-state index >= 15 is 0 Å². The highest BCUT2D eigenvalue weighted by atomic mass is 32.2. The van der Waals surface area contributed by atoms with Crippen LogP contribution in [0.25, 0.3) is 11.3 Å². The van der Waals surface area contributed by atoms with Gasteiger partial charge in [-0.3, -0.25) is 15.2 Å². The molecule has 0 radical (unpaired) electrons. The standard InChI is InChI=1S/C19H20N4O4S/c1-22(28(26,27)18-11-9-17(10-12-18)23(24)25)13-5-8-16-14-19(21-20-16)15-6-3-2-4-7-15/h2-4,6-7,9-12,14H,5,8,13H2,1H3,(H,20,21). The van der Waals surface area contributed by atoms with Crippen LogP contribution in [0.15, 0.2) is 65.6 Å². The SMILES string of the molecule is CN(CCCc1cc(-c2ccccc2)n[nH]1)S(=O)(=O)c1ccc([N+](=O)[O-])cc1. The van der Waals surface area contributed by atoms with Gasteiger partial charge < -0.3 is 0 Å². The first-order chi connectivity index (χ1) is 13.4. The first-order valence-electron chi connectivity index (χ1n) is 8.68. The zero-order valence-electron chi connectivity index (χ0n) is 15.3. The number of aromatic nitrogens is 2. The summed E-state index contributed by atoms with van der Waals surface area (Å²) in [5, 5.41) is 18.0. The van der Waals surface area contributed by atoms with E-state index in [9.17, 15) is 18.5 Å². The third-order valence-corrected chi connectivity index (χ3v) is 6.25. The molecule has 1 aromatic heterocycles. The molecule has 1 heterocycles. The van der Waals surface area contributed by atoms with Crippen LogP contribution in [0.5, 0.6) is 0 Å². The molecule has 0 aliphatic carbocycles. The summed E-state index contributed by atoms with van der Waals surface area (Å²) in [6.45, 7) is 0.318. The average Bonchev–Trinajstić information content (AvgIpc) is 3.17. The van der Waals surface area contributed by atoms with Crippen molar-refractivity contribution >= 4 is 15.7 Å². The number of nitrogens with zero attached hydrogens (tertiary/aromatic N) is 3. The molecule has 0 saturated heterocycles. The number of rotatable bonds is 8. The number of hydrogen-bond donors (Lipinski definition) is 1. The largest absolute Gasteiger partial charge is 0.282 e. The van der Waals surface area contributed by atoms with Gasteiger partial charge in [-0.25, -0.2) is 12.7 Å². The van der Waals surface area contributed by atoms with E-state index in [4.69, 9.17) is 0 Å². The van der Waals surface area contributed by atoms with E-state index in [0.717, 1.165) is 17.0 Å². The maximum absolute atomic E-state index is 12.6. The second kappa shape index (κ2) is 8.32. The molecule has 8 nitrogen and oxygen atoms in total. The van der Waals surface area contributed by atoms with Crippen LogP contribution in [0.3, 0.4) is 0 Å². The third-order valence-electron chi connectivity index (χ3n) is 4.38. The Kier molecular flexibility index (Phi) is 5.86. The summed E-state index contributed by atoms with van der Waals surface area (Å²) in [7, 11) is -2.19. The molecule has 0 unspecified atom stereocenters. The highest BCUT2D eigenvalue weighted by Crippen LogP contribution is 2.20. The lowest BCUT2D eigenvalue weighted by Gasteiger charge is -2.16. The molecule has 0 spiro atoms. The molecule has 0 amide bonds. The number of H-pyrrole nitrogens is 1. The first kappa shape index (κ1) is 19.7. The summed E-state index contributed by atoms with van der Waals surface area (Å²) >= 11 is 0. The monoisotopic (exact) mass is 400 g/mol. The molecule has 0 aliphatic heterocycles. The number of aromatic amines is 1. The third kappa shape index (κ3) is 4.44. The van der Waals surface area contributed by atoms with Crippen LogP contribution in [0.2, 0.25) is 0 Å². The lowest BCUT2D eigenvalue weighted by molar-refractivity contribution is -0.384. The van der Waals surface area contributed by atoms with Gasteiger partial charge in [0.1, 0.15) is 0 Å². The van der Waals surface area contributed by atoms with Crippen molar-refractivity contribution in [3.8, 4) is 11.3 Å². The van der Waals surface area contributed by atoms with E-state index in [-0.39, 0.29) is 10.6 Å². The van der Waals surface area contributed by atoms with Crippen LogP contribution in [0.4, 0.5) is 5.69 Å². The summed E-state index contributed by atoms with van der Waals surface area (Å²) in [5.74, 6) is 0. The molecule has 3 aromatic rings. The first-order valence-corrected chi connectivity index (χ1v) is 10.1. The number of hydrogen-bond acceptors (Lipinski definition) is 5. The Hall–Kier alpha value is -3.04. The van der Waals surface area contributed by atoms with Crippen molar-refractivity contribution in [2.24, 2.45) is 0 Å². The van der Waals surface area contributed by atoms with Gasteiger partial charge in [0, 0.05) is 37.0 Å². The van der Waals surface area contributed by atoms with E-state index < -0.39 is 14.9 Å². The number of aryl methyl sites for hydroxylation is 1. The molecule has 28 heavy (non-hydrogen) atoms. The molecular formula is C19H20N4O4S. The molecule has 9 heteroatoms. The topological polar surface area (TPSA) is 109 Å². The van der Waals surface area contributed by atoms with Gasteiger partial charge in [-0.1, -0.05) is 30.3 Å². The Bertz CT molecular complexity index is 1050. The normalized spacial score (nSPS) is 11.6. The number of non-ortho nitro benzene ring substituents is 1. The fourth-order valence-electron chi connectivity index (χ4n) is 2.78. The van der Waals surface area contributed by atoms with Gasteiger partial charge >= 0.3 is 0 Å².